The van der Waals surface area contributed by atoms with Crippen molar-refractivity contribution in [3.05, 3.63) is 24.0 Å². The molecule has 194 valence electrons. The lowest BCUT2D eigenvalue weighted by atomic mass is 9.73. The van der Waals surface area contributed by atoms with Crippen LogP contribution in [0.1, 0.15) is 46.5 Å². The zero-order valence-electron chi connectivity index (χ0n) is 20.9. The molecule has 2 rings (SSSR count). The summed E-state index contributed by atoms with van der Waals surface area (Å²) in [5, 5.41) is 2.83. The zero-order valence-corrected chi connectivity index (χ0v) is 21.8. The van der Waals surface area contributed by atoms with E-state index in [2.05, 4.69) is 5.32 Å². The molecule has 0 radical (unpaired) electrons. The van der Waals surface area contributed by atoms with E-state index in [-0.39, 0.29) is 35.8 Å². The average Bonchev–Trinajstić information content (AvgIpc) is 2.77. The molecule has 0 spiro atoms. The highest BCUT2D eigenvalue weighted by Crippen LogP contribution is 2.38. The molecule has 35 heavy (non-hydrogen) atoms. The molecule has 0 aliphatic carbocycles. The van der Waals surface area contributed by atoms with E-state index >= 15 is 0 Å². The molecule has 1 saturated heterocycles. The molecule has 1 aliphatic heterocycles. The molecule has 0 saturated carbocycles. The summed E-state index contributed by atoms with van der Waals surface area (Å²) < 4.78 is 35.2. The van der Waals surface area contributed by atoms with E-state index in [9.17, 15) is 18.8 Å². The van der Waals surface area contributed by atoms with Crippen LogP contribution < -0.4 is 10.1 Å². The Balaban J connectivity index is 2.46. The first-order valence-corrected chi connectivity index (χ1v) is 11.6. The molecule has 1 aromatic rings. The van der Waals surface area contributed by atoms with Crippen molar-refractivity contribution in [3.63, 3.8) is 0 Å². The van der Waals surface area contributed by atoms with Gasteiger partial charge in [0.1, 0.15) is 10.6 Å². The Morgan fingerprint density at radius 2 is 1.89 bits per heavy atom. The summed E-state index contributed by atoms with van der Waals surface area (Å²) >= 11 is 5.59. The molecule has 1 N–H and O–H groups in total. The maximum atomic E-state index is 14.2. The van der Waals surface area contributed by atoms with Crippen molar-refractivity contribution in [2.24, 2.45) is 5.41 Å². The van der Waals surface area contributed by atoms with E-state index in [1.54, 1.807) is 20.8 Å². The topological polar surface area (TPSA) is 103 Å². The van der Waals surface area contributed by atoms with Crippen LogP contribution in [0.25, 0.3) is 0 Å². The van der Waals surface area contributed by atoms with Crippen LogP contribution >= 0.6 is 12.2 Å². The summed E-state index contributed by atoms with van der Waals surface area (Å²) in [5.41, 5.74) is -2.56. The van der Waals surface area contributed by atoms with Gasteiger partial charge in [-0.15, -0.1) is 0 Å². The number of Topliss-reactive ketones (excluding diaryl/α,β-unsaturated/α-hetero) is 1. The van der Waals surface area contributed by atoms with Gasteiger partial charge < -0.3 is 24.3 Å². The Morgan fingerprint density at radius 1 is 1.23 bits per heavy atom. The molecule has 1 unspecified atom stereocenters. The number of para-hydroxylation sites is 1. The first-order chi connectivity index (χ1) is 16.4. The highest BCUT2D eigenvalue weighted by molar-refractivity contribution is 7.80. The smallest absolute Gasteiger partial charge is 0.417 e. The van der Waals surface area contributed by atoms with Crippen LogP contribution in [-0.2, 0) is 23.8 Å². The second-order valence-corrected chi connectivity index (χ2v) is 9.49. The summed E-state index contributed by atoms with van der Waals surface area (Å²) in [7, 11) is 4.25. The molecule has 0 bridgehead atoms. The standard InChI is InChI=1S/C24H33FN2O7S/c1-23(2,3)34-22(30)27-14-12-17(28)24(21(27)29,13-8-11-18(31-4)32-5)20(35)26-16-10-7-9-15(25)19(16)33-6/h7,9-10,18H,8,11-14H2,1-6H3,(H,26,35). The maximum Gasteiger partial charge on any atom is 0.417 e. The quantitative estimate of drug-likeness (QED) is 0.298. The Morgan fingerprint density at radius 3 is 2.46 bits per heavy atom. The summed E-state index contributed by atoms with van der Waals surface area (Å²) in [6.07, 6.45) is -0.853. The Labute approximate surface area is 210 Å². The first-order valence-electron chi connectivity index (χ1n) is 11.2. The average molecular weight is 513 g/mol. The van der Waals surface area contributed by atoms with Crippen molar-refractivity contribution in [2.45, 2.75) is 58.3 Å². The van der Waals surface area contributed by atoms with E-state index in [0.717, 1.165) is 4.90 Å². The van der Waals surface area contributed by atoms with Gasteiger partial charge in [0.15, 0.2) is 29.1 Å². The number of anilines is 1. The third-order valence-corrected chi connectivity index (χ3v) is 6.04. The number of imide groups is 1. The monoisotopic (exact) mass is 512 g/mol. The largest absolute Gasteiger partial charge is 0.492 e. The van der Waals surface area contributed by atoms with Crippen molar-refractivity contribution >= 4 is 40.7 Å². The number of hydrogen-bond donors (Lipinski definition) is 1. The fraction of sp³-hybridized carbons (Fsp3) is 0.583. The fourth-order valence-electron chi connectivity index (χ4n) is 3.86. The van der Waals surface area contributed by atoms with E-state index in [1.165, 1.54) is 39.5 Å². The van der Waals surface area contributed by atoms with Gasteiger partial charge in [-0.05, 0) is 52.2 Å². The number of ether oxygens (including phenoxy) is 4. The number of piperidine rings is 1. The number of methoxy groups -OCH3 is 3. The molecule has 9 nitrogen and oxygen atoms in total. The Hall–Kier alpha value is -2.63. The summed E-state index contributed by atoms with van der Waals surface area (Å²) in [6.45, 7) is 4.90. The number of likely N-dealkylation sites (tertiary alicyclic amines) is 1. The molecule has 11 heteroatoms. The third kappa shape index (κ3) is 6.53. The van der Waals surface area contributed by atoms with Crippen molar-refractivity contribution in [3.8, 4) is 5.75 Å². The summed E-state index contributed by atoms with van der Waals surface area (Å²) in [4.78, 5) is 40.7. The molecule has 1 aromatic carbocycles. The number of amides is 2. The van der Waals surface area contributed by atoms with Crippen LogP contribution in [0.3, 0.4) is 0 Å². The molecular weight excluding hydrogens is 479 g/mol. The van der Waals surface area contributed by atoms with E-state index in [1.807, 2.05) is 0 Å². The fourth-order valence-corrected chi connectivity index (χ4v) is 4.28. The second kappa shape index (κ2) is 11.9. The molecule has 1 aliphatic rings. The van der Waals surface area contributed by atoms with Gasteiger partial charge in [0.05, 0.1) is 12.8 Å². The number of nitrogens with one attached hydrogen (secondary N) is 1. The van der Waals surface area contributed by atoms with Gasteiger partial charge >= 0.3 is 6.09 Å². The van der Waals surface area contributed by atoms with Gasteiger partial charge in [0.25, 0.3) is 5.91 Å². The Bertz CT molecular complexity index is 962. The molecule has 1 fully saturated rings. The van der Waals surface area contributed by atoms with E-state index in [0.29, 0.717) is 12.8 Å². The maximum absolute atomic E-state index is 14.2. The lowest BCUT2D eigenvalue weighted by molar-refractivity contribution is -0.149. The number of halogens is 1. The molecular formula is C24H33FN2O7S. The second-order valence-electron chi connectivity index (χ2n) is 9.08. The predicted molar refractivity (Wildman–Crippen MR) is 131 cm³/mol. The van der Waals surface area contributed by atoms with Gasteiger partial charge in [-0.25, -0.2) is 14.1 Å². The summed E-state index contributed by atoms with van der Waals surface area (Å²) in [5.74, 6) is -2.00. The number of nitrogens with zero attached hydrogens (tertiary/aromatic N) is 1. The highest BCUT2D eigenvalue weighted by atomic mass is 32.1. The van der Waals surface area contributed by atoms with Crippen LogP contribution in [0.15, 0.2) is 18.2 Å². The van der Waals surface area contributed by atoms with Crippen LogP contribution in [-0.4, -0.2) is 67.4 Å². The third-order valence-electron chi connectivity index (χ3n) is 5.59. The van der Waals surface area contributed by atoms with Crippen molar-refractivity contribution in [2.75, 3.05) is 33.2 Å². The first kappa shape index (κ1) is 28.6. The number of carbonyl (C=O) groups is 3. The zero-order chi connectivity index (χ0) is 26.4. The van der Waals surface area contributed by atoms with Crippen molar-refractivity contribution in [1.29, 1.82) is 0 Å². The van der Waals surface area contributed by atoms with Crippen LogP contribution in [0.4, 0.5) is 14.9 Å². The number of carbonyl (C=O) groups excluding carboxylic acids is 3. The van der Waals surface area contributed by atoms with Crippen molar-refractivity contribution < 1.29 is 37.7 Å². The van der Waals surface area contributed by atoms with Gasteiger partial charge in [-0.1, -0.05) is 18.3 Å². The molecule has 1 heterocycles. The number of rotatable bonds is 9. The van der Waals surface area contributed by atoms with Gasteiger partial charge in [0.2, 0.25) is 0 Å². The molecule has 1 atom stereocenters. The van der Waals surface area contributed by atoms with Crippen LogP contribution in [0, 0.1) is 11.2 Å². The lowest BCUT2D eigenvalue weighted by Gasteiger charge is -2.40. The SMILES string of the molecule is COc1c(F)cccc1NC(=S)C1(CCCC(OC)OC)C(=O)CCN(C(=O)OC(C)(C)C)C1=O. The van der Waals surface area contributed by atoms with Gasteiger partial charge in [-0.3, -0.25) is 9.59 Å². The van der Waals surface area contributed by atoms with Crippen LogP contribution in [0.2, 0.25) is 0 Å². The van der Waals surface area contributed by atoms with Gasteiger partial charge in [0, 0.05) is 27.2 Å². The lowest BCUT2D eigenvalue weighted by Crippen LogP contribution is -2.61. The Kier molecular flexibility index (Phi) is 9.70. The molecule has 0 aromatic heterocycles. The van der Waals surface area contributed by atoms with Gasteiger partial charge in [-0.2, -0.15) is 0 Å². The minimum atomic E-state index is -1.87. The van der Waals surface area contributed by atoms with Crippen molar-refractivity contribution in [1.82, 2.24) is 4.90 Å². The number of hydrogen-bond acceptors (Lipinski definition) is 8. The number of ketones is 1. The number of benzene rings is 1. The van der Waals surface area contributed by atoms with E-state index < -0.39 is 40.9 Å². The summed E-state index contributed by atoms with van der Waals surface area (Å²) in [6, 6.07) is 4.16. The highest BCUT2D eigenvalue weighted by Gasteiger charge is 2.55. The van der Waals surface area contributed by atoms with E-state index in [4.69, 9.17) is 31.2 Å². The van der Waals surface area contributed by atoms with Crippen LogP contribution in [0.5, 0.6) is 5.75 Å². The number of thiocarbonyl (C=S) groups is 1. The minimum absolute atomic E-state index is 0.0172. The molecule has 2 amide bonds. The predicted octanol–water partition coefficient (Wildman–Crippen LogP) is 4.09. The minimum Gasteiger partial charge on any atom is -0.492 e. The normalized spacial score (nSPS) is 18.6.